The van der Waals surface area contributed by atoms with Gasteiger partial charge in [-0.05, 0) is 12.1 Å². The summed E-state index contributed by atoms with van der Waals surface area (Å²) in [6.45, 7) is 1.33. The fourth-order valence-electron chi connectivity index (χ4n) is 1.88. The van der Waals surface area contributed by atoms with E-state index in [1.807, 2.05) is 0 Å². The molecule has 116 valence electrons. The van der Waals surface area contributed by atoms with Crippen LogP contribution in [0, 0.1) is 0 Å². The van der Waals surface area contributed by atoms with Crippen molar-refractivity contribution in [3.05, 3.63) is 24.3 Å². The summed E-state index contributed by atoms with van der Waals surface area (Å²) in [5.74, 6) is -1.11. The van der Waals surface area contributed by atoms with E-state index >= 15 is 0 Å². The van der Waals surface area contributed by atoms with Crippen LogP contribution in [0.4, 0.5) is 5.69 Å². The molecule has 7 nitrogen and oxygen atoms in total. The van der Waals surface area contributed by atoms with E-state index in [9.17, 15) is 14.7 Å². The van der Waals surface area contributed by atoms with E-state index in [2.05, 4.69) is 11.1 Å². The topological polar surface area (TPSA) is 123 Å². The Hall–Kier alpha value is -2.12. The molecule has 7 heteroatoms. The fourth-order valence-corrected chi connectivity index (χ4v) is 1.88. The molecule has 0 saturated carbocycles. The van der Waals surface area contributed by atoms with Crippen molar-refractivity contribution < 1.29 is 30.5 Å². The second-order valence-electron chi connectivity index (χ2n) is 4.61. The average Bonchev–Trinajstić information content (AvgIpc) is 2.46. The molecule has 21 heavy (non-hydrogen) atoms. The molecule has 0 aliphatic carbocycles. The van der Waals surface area contributed by atoms with E-state index in [0.29, 0.717) is 18.0 Å². The molecule has 0 aliphatic heterocycles. The smallest absolute Gasteiger partial charge is 0.230 e. The van der Waals surface area contributed by atoms with Crippen LogP contribution in [-0.2, 0) is 9.59 Å². The predicted molar refractivity (Wildman–Crippen MR) is 74.2 cm³/mol. The molecule has 1 atom stereocenters. The van der Waals surface area contributed by atoms with Gasteiger partial charge in [0.05, 0.1) is 38.3 Å². The first kappa shape index (κ1) is 16.9. The first-order chi connectivity index (χ1) is 10.1. The molecule has 1 amide bonds. The largest absolute Gasteiger partial charge is 0.544 e. The molecule has 0 fully saturated rings. The van der Waals surface area contributed by atoms with Crippen molar-refractivity contribution in [2.45, 2.75) is 18.9 Å². The molecule has 0 aliphatic rings. The highest BCUT2D eigenvalue weighted by atomic mass is 16.5. The van der Waals surface area contributed by atoms with Crippen LogP contribution in [0.5, 0.6) is 5.75 Å². The van der Waals surface area contributed by atoms with E-state index in [1.165, 1.54) is 7.11 Å². The molecule has 1 aromatic rings. The fraction of sp³-hybridized carbons (Fsp3) is 0.429. The van der Waals surface area contributed by atoms with Crippen LogP contribution in [0.2, 0.25) is 0 Å². The maximum absolute atomic E-state index is 11.9. The quantitative estimate of drug-likeness (QED) is 0.430. The van der Waals surface area contributed by atoms with Gasteiger partial charge < -0.3 is 31.0 Å². The van der Waals surface area contributed by atoms with Gasteiger partial charge in [0.2, 0.25) is 5.91 Å². The number of carbonyl (C=O) groups excluding carboxylic acids is 2. The lowest BCUT2D eigenvalue weighted by Crippen LogP contribution is -2.93. The number of nitrogens with two attached hydrogens (primary N) is 1. The van der Waals surface area contributed by atoms with E-state index in [-0.39, 0.29) is 12.3 Å². The van der Waals surface area contributed by atoms with E-state index < -0.39 is 12.0 Å². The summed E-state index contributed by atoms with van der Waals surface area (Å²) >= 11 is 0. The molecule has 0 aromatic heterocycles. The van der Waals surface area contributed by atoms with Gasteiger partial charge >= 0.3 is 0 Å². The number of aliphatic carboxylic acids is 1. The van der Waals surface area contributed by atoms with E-state index in [0.717, 1.165) is 13.0 Å². The van der Waals surface area contributed by atoms with Gasteiger partial charge in [-0.2, -0.15) is 0 Å². The zero-order valence-electron chi connectivity index (χ0n) is 12.1. The van der Waals surface area contributed by atoms with Crippen molar-refractivity contribution in [3.63, 3.8) is 0 Å². The SMILES string of the molecule is COc1ccccc1NC(=O)C[C@@H]([NH2+]CCC[NH3+])C(=O)[O-]. The van der Waals surface area contributed by atoms with Gasteiger partial charge in [0.25, 0.3) is 0 Å². The normalized spacial score (nSPS) is 11.7. The first-order valence-corrected chi connectivity index (χ1v) is 6.84. The molecule has 1 aromatic carbocycles. The molecule has 1 rings (SSSR count). The van der Waals surface area contributed by atoms with Crippen molar-refractivity contribution in [1.82, 2.24) is 0 Å². The van der Waals surface area contributed by atoms with Crippen LogP contribution >= 0.6 is 0 Å². The number of benzene rings is 1. The van der Waals surface area contributed by atoms with Crippen molar-refractivity contribution in [1.29, 1.82) is 0 Å². The highest BCUT2D eigenvalue weighted by Crippen LogP contribution is 2.22. The Labute approximate surface area is 123 Å². The molecule has 0 unspecified atom stereocenters. The zero-order chi connectivity index (χ0) is 15.7. The lowest BCUT2D eigenvalue weighted by molar-refractivity contribution is -0.684. The maximum atomic E-state index is 11.9. The number of carboxylic acid groups (broad SMARTS) is 1. The number of anilines is 1. The van der Waals surface area contributed by atoms with Crippen molar-refractivity contribution in [3.8, 4) is 5.75 Å². The van der Waals surface area contributed by atoms with E-state index in [4.69, 9.17) is 4.74 Å². The standard InChI is InChI=1S/C14H21N3O4/c1-21-12-6-3-2-5-10(12)17-13(18)9-11(14(19)20)16-8-4-7-15/h2-3,5-6,11,16H,4,7-9,15H2,1H3,(H,17,18)(H,19,20)/p+1/t11-/m1/s1. The van der Waals surface area contributed by atoms with Gasteiger partial charge in [0, 0.05) is 6.42 Å². The number of nitrogens with one attached hydrogen (secondary N) is 1. The number of hydrogen-bond acceptors (Lipinski definition) is 4. The van der Waals surface area contributed by atoms with Crippen molar-refractivity contribution >= 4 is 17.6 Å². The van der Waals surface area contributed by atoms with Gasteiger partial charge in [0.1, 0.15) is 11.8 Å². The van der Waals surface area contributed by atoms with Crippen LogP contribution in [0.3, 0.4) is 0 Å². The third-order valence-electron chi connectivity index (χ3n) is 2.99. The number of para-hydroxylation sites is 2. The third kappa shape index (κ3) is 5.80. The first-order valence-electron chi connectivity index (χ1n) is 6.84. The molecule has 0 bridgehead atoms. The minimum Gasteiger partial charge on any atom is -0.544 e. The lowest BCUT2D eigenvalue weighted by Gasteiger charge is -2.16. The van der Waals surface area contributed by atoms with Crippen LogP contribution in [-0.4, -0.2) is 38.1 Å². The second kappa shape index (κ2) is 8.93. The zero-order valence-corrected chi connectivity index (χ0v) is 12.1. The van der Waals surface area contributed by atoms with Gasteiger partial charge in [-0.15, -0.1) is 0 Å². The number of amides is 1. The summed E-state index contributed by atoms with van der Waals surface area (Å²) in [6, 6.07) is 6.05. The van der Waals surface area contributed by atoms with Gasteiger partial charge in [0.15, 0.2) is 0 Å². The number of carboxylic acids is 1. The molecular formula is C14H22N3O4+. The number of rotatable bonds is 9. The Morgan fingerprint density at radius 1 is 1.43 bits per heavy atom. The highest BCUT2D eigenvalue weighted by Gasteiger charge is 2.18. The Bertz CT molecular complexity index is 479. The number of hydrogen-bond donors (Lipinski definition) is 3. The Morgan fingerprint density at radius 2 is 2.14 bits per heavy atom. The Morgan fingerprint density at radius 3 is 2.76 bits per heavy atom. The van der Waals surface area contributed by atoms with Crippen LogP contribution in [0.1, 0.15) is 12.8 Å². The lowest BCUT2D eigenvalue weighted by atomic mass is 10.2. The summed E-state index contributed by atoms with van der Waals surface area (Å²) in [5, 5.41) is 15.3. The van der Waals surface area contributed by atoms with Crippen molar-refractivity contribution in [2.75, 3.05) is 25.5 Å². The highest BCUT2D eigenvalue weighted by molar-refractivity contribution is 5.94. The molecule has 0 radical (unpaired) electrons. The van der Waals surface area contributed by atoms with Gasteiger partial charge in [-0.3, -0.25) is 4.79 Å². The molecule has 6 N–H and O–H groups in total. The average molecular weight is 296 g/mol. The van der Waals surface area contributed by atoms with Gasteiger partial charge in [-0.1, -0.05) is 12.1 Å². The second-order valence-corrected chi connectivity index (χ2v) is 4.61. The maximum Gasteiger partial charge on any atom is 0.230 e. The summed E-state index contributed by atoms with van der Waals surface area (Å²) in [4.78, 5) is 23.0. The molecule has 0 saturated heterocycles. The number of methoxy groups -OCH3 is 1. The molecule has 0 heterocycles. The number of quaternary nitrogens is 2. The van der Waals surface area contributed by atoms with Gasteiger partial charge in [-0.25, -0.2) is 0 Å². The minimum absolute atomic E-state index is 0.155. The van der Waals surface area contributed by atoms with Crippen molar-refractivity contribution in [2.24, 2.45) is 0 Å². The monoisotopic (exact) mass is 296 g/mol. The molecular weight excluding hydrogens is 274 g/mol. The van der Waals surface area contributed by atoms with Crippen LogP contribution < -0.4 is 26.2 Å². The summed E-state index contributed by atoms with van der Waals surface area (Å²) in [5.41, 5.74) is 4.20. The minimum atomic E-state index is -1.24. The van der Waals surface area contributed by atoms with Crippen LogP contribution in [0.25, 0.3) is 0 Å². The number of carbonyl (C=O) groups is 2. The summed E-state index contributed by atoms with van der Waals surface area (Å²) in [7, 11) is 1.50. The predicted octanol–water partition coefficient (Wildman–Crippen LogP) is -2.66. The third-order valence-corrected chi connectivity index (χ3v) is 2.99. The summed E-state index contributed by atoms with van der Waals surface area (Å²) < 4.78 is 5.12. The number of ether oxygens (including phenoxy) is 1. The van der Waals surface area contributed by atoms with Crippen LogP contribution in [0.15, 0.2) is 24.3 Å². The Kier molecular flexibility index (Phi) is 7.20. The summed E-state index contributed by atoms with van der Waals surface area (Å²) in [6.07, 6.45) is 0.634. The Balaban J connectivity index is 2.59. The molecule has 0 spiro atoms. The van der Waals surface area contributed by atoms with E-state index in [1.54, 1.807) is 29.6 Å².